The van der Waals surface area contributed by atoms with Crippen LogP contribution in [0.15, 0.2) is 91.4 Å². The lowest BCUT2D eigenvalue weighted by Gasteiger charge is -2.37. The van der Waals surface area contributed by atoms with E-state index in [2.05, 4.69) is 129 Å². The highest BCUT2D eigenvalue weighted by Gasteiger charge is 2.25. The number of halogens is 2. The highest BCUT2D eigenvalue weighted by Crippen LogP contribution is 2.30. The summed E-state index contributed by atoms with van der Waals surface area (Å²) in [6, 6.07) is 25.4. The van der Waals surface area contributed by atoms with Crippen LogP contribution in [0.2, 0.25) is 20.5 Å². The molecule has 6 heterocycles. The predicted octanol–water partition coefficient (Wildman–Crippen LogP) is 5.17. The molecule has 3 aromatic carbocycles. The van der Waals surface area contributed by atoms with Crippen LogP contribution >= 0.6 is 28.9 Å². The fraction of sp³-hybridized carbons (Fsp3) is 0.385. The number of fused-ring (bicyclic) bond motifs is 3. The summed E-state index contributed by atoms with van der Waals surface area (Å²) in [5, 5.41) is 36.2. The van der Waals surface area contributed by atoms with E-state index in [9.17, 15) is 15.1 Å². The van der Waals surface area contributed by atoms with Gasteiger partial charge in [-0.3, -0.25) is 4.70 Å². The zero-order valence-corrected chi connectivity index (χ0v) is 36.6. The first-order valence-electron chi connectivity index (χ1n) is 19.7. The maximum atomic E-state index is 9.82. The summed E-state index contributed by atoms with van der Waals surface area (Å²) in [4.78, 5) is 17.9. The maximum Gasteiger partial charge on any atom is 0.413 e. The molecular weight excluding hydrogens is 852 g/mol. The summed E-state index contributed by atoms with van der Waals surface area (Å²) in [5.41, 5.74) is 7.32. The molecule has 1 unspecified atom stereocenters. The van der Waals surface area contributed by atoms with Crippen molar-refractivity contribution in [3.05, 3.63) is 91.4 Å². The van der Waals surface area contributed by atoms with Crippen LogP contribution in [0.4, 0.5) is 21.8 Å². The van der Waals surface area contributed by atoms with Crippen molar-refractivity contribution >= 4 is 99.8 Å². The highest BCUT2D eigenvalue weighted by atomic mass is 127. The molecule has 3 saturated heterocycles. The van der Waals surface area contributed by atoms with Crippen molar-refractivity contribution < 1.29 is 19.8 Å². The van der Waals surface area contributed by atoms with Gasteiger partial charge in [-0.1, -0.05) is 47.1 Å². The molecule has 3 aliphatic heterocycles. The van der Waals surface area contributed by atoms with Gasteiger partial charge in [0.2, 0.25) is 0 Å². The quantitative estimate of drug-likeness (QED) is 0.0764. The molecule has 9 rings (SSSR count). The minimum atomic E-state index is -0.523. The summed E-state index contributed by atoms with van der Waals surface area (Å²) in [6.07, 6.45) is 5.93. The second kappa shape index (κ2) is 21.6. The van der Waals surface area contributed by atoms with Crippen LogP contribution in [-0.2, 0) is 0 Å². The Bertz CT molecular complexity index is 2100. The second-order valence-electron chi connectivity index (χ2n) is 14.5. The number of aromatic nitrogens is 3. The van der Waals surface area contributed by atoms with E-state index in [0.717, 1.165) is 84.1 Å². The zero-order valence-electron chi connectivity index (χ0n) is 33.3. The monoisotopic (exact) mass is 909 g/mol. The maximum absolute atomic E-state index is 9.82. The number of anilines is 3. The van der Waals surface area contributed by atoms with E-state index in [1.807, 2.05) is 48.8 Å². The van der Waals surface area contributed by atoms with E-state index in [-0.39, 0.29) is 18.8 Å². The first-order chi connectivity index (χ1) is 27.3. The third-order valence-corrected chi connectivity index (χ3v) is 11.1. The summed E-state index contributed by atoms with van der Waals surface area (Å²) >= 11 is 2.07. The van der Waals surface area contributed by atoms with Crippen molar-refractivity contribution in [1.29, 1.82) is 0 Å². The van der Waals surface area contributed by atoms with E-state index in [1.54, 1.807) is 6.82 Å². The van der Waals surface area contributed by atoms with E-state index in [1.165, 1.54) is 44.3 Å². The molecule has 18 heteroatoms. The summed E-state index contributed by atoms with van der Waals surface area (Å²) in [7, 11) is -1.24. The standard InChI is InChI=1S/C14H21B2N3O2.C13H18BN3O.C12H15N3.FH.H2IP/c1-15(20)18-10-8-17(9-11-18)13-4-3-5-14-12(13)6-7-19(14)16(2)21;1-14(18)17-9-7-16(8-10-17)13-4-2-3-12-11(13)5-6-15-12;1-2-11-10(4-5-14-11)12(3-1)15-8-6-13-7-9-15;;1-2/h3-7,20-21H,8-11H2,1-2H3;2-6,15,18H,7-10H2,1H3;1-5,13-14H,6-9H2;1H;2H2. The van der Waals surface area contributed by atoms with Crippen molar-refractivity contribution in [2.24, 2.45) is 0 Å². The molecule has 3 fully saturated rings. The molecule has 57 heavy (non-hydrogen) atoms. The fourth-order valence-corrected chi connectivity index (χ4v) is 8.04. The van der Waals surface area contributed by atoms with Gasteiger partial charge in [-0.15, -0.1) is 0 Å². The van der Waals surface area contributed by atoms with Crippen LogP contribution < -0.4 is 20.0 Å². The molecule has 304 valence electrons. The molecule has 0 saturated carbocycles. The molecule has 3 aliphatic rings. The minimum absolute atomic E-state index is 0. The average molecular weight is 909 g/mol. The summed E-state index contributed by atoms with van der Waals surface area (Å²) in [5.74, 6) is 0. The van der Waals surface area contributed by atoms with E-state index in [0.29, 0.717) is 0 Å². The van der Waals surface area contributed by atoms with Gasteiger partial charge in [-0.25, -0.2) is 0 Å². The molecule has 0 spiro atoms. The summed E-state index contributed by atoms with van der Waals surface area (Å²) in [6.45, 7) is 19.5. The SMILES string of the molecule is CB(O)N1CCN(c2cccc3[nH]ccc23)CC1.CB(O)N1CCN(c2cccc3c2ccn3B(C)O)CC1.F.PI.c1cc(N2CCNCC2)c2cc[nH]c2c1. The first-order valence-corrected chi connectivity index (χ1v) is 23.9. The lowest BCUT2D eigenvalue weighted by atomic mass is 9.84. The largest absolute Gasteiger partial charge is 0.437 e. The second-order valence-corrected chi connectivity index (χ2v) is 14.5. The topological polar surface area (TPSA) is 125 Å². The highest BCUT2D eigenvalue weighted by molar-refractivity contribution is 14.2. The van der Waals surface area contributed by atoms with Crippen molar-refractivity contribution in [2.75, 3.05) is 93.2 Å². The Labute approximate surface area is 352 Å². The molecule has 3 aromatic heterocycles. The van der Waals surface area contributed by atoms with Gasteiger partial charge in [0, 0.05) is 141 Å². The average Bonchev–Trinajstić information content (AvgIpc) is 4.03. The molecule has 6 aromatic rings. The molecule has 0 radical (unpaired) electrons. The molecule has 0 amide bonds. The fourth-order valence-electron chi connectivity index (χ4n) is 8.04. The Morgan fingerprint density at radius 2 is 0.947 bits per heavy atom. The number of rotatable bonds is 6. The normalized spacial score (nSPS) is 16.2. The van der Waals surface area contributed by atoms with Crippen LogP contribution in [-0.4, -0.2) is 139 Å². The molecule has 12 nitrogen and oxygen atoms in total. The smallest absolute Gasteiger partial charge is 0.413 e. The van der Waals surface area contributed by atoms with Gasteiger partial charge in [0.05, 0.1) is 0 Å². The van der Waals surface area contributed by atoms with Gasteiger partial charge < -0.3 is 59.2 Å². The van der Waals surface area contributed by atoms with Crippen LogP contribution in [0.25, 0.3) is 32.7 Å². The number of nitrogens with zero attached hydrogens (tertiary/aromatic N) is 6. The number of hydrogen-bond donors (Lipinski definition) is 6. The van der Waals surface area contributed by atoms with Crippen molar-refractivity contribution in [3.8, 4) is 0 Å². The number of nitrogens with one attached hydrogen (secondary N) is 3. The Hall–Kier alpha value is -3.28. The van der Waals surface area contributed by atoms with Gasteiger partial charge in [-0.2, -0.15) is 0 Å². The van der Waals surface area contributed by atoms with Gasteiger partial charge in [0.1, 0.15) is 0 Å². The molecule has 0 aliphatic carbocycles. The first kappa shape index (κ1) is 44.8. The van der Waals surface area contributed by atoms with Crippen molar-refractivity contribution in [2.45, 2.75) is 20.5 Å². The Morgan fingerprint density at radius 3 is 1.39 bits per heavy atom. The van der Waals surface area contributed by atoms with E-state index < -0.39 is 7.05 Å². The lowest BCUT2D eigenvalue weighted by Crippen LogP contribution is -2.51. The minimum Gasteiger partial charge on any atom is -0.437 e. The van der Waals surface area contributed by atoms with Crippen LogP contribution in [0.5, 0.6) is 0 Å². The summed E-state index contributed by atoms with van der Waals surface area (Å²) < 4.78 is 1.88. The van der Waals surface area contributed by atoms with E-state index in [4.69, 9.17) is 0 Å². The third kappa shape index (κ3) is 10.9. The molecular formula is C39H57B3FIN9O3P. The number of aromatic amines is 2. The Kier molecular flexibility index (Phi) is 17.0. The lowest BCUT2D eigenvalue weighted by molar-refractivity contribution is 0.344. The number of piperazine rings is 3. The Balaban J connectivity index is 0.000000160. The number of benzene rings is 3. The molecule has 1 atom stereocenters. The van der Waals surface area contributed by atoms with Gasteiger partial charge in [0.25, 0.3) is 0 Å². The van der Waals surface area contributed by atoms with Gasteiger partial charge >= 0.3 is 21.2 Å². The van der Waals surface area contributed by atoms with Crippen LogP contribution in [0.3, 0.4) is 0 Å². The Morgan fingerprint density at radius 1 is 0.526 bits per heavy atom. The van der Waals surface area contributed by atoms with Gasteiger partial charge in [-0.05, 0) is 81.3 Å². The predicted molar refractivity (Wildman–Crippen MR) is 254 cm³/mol. The molecule has 6 N–H and O–H groups in total. The molecule has 0 bridgehead atoms. The van der Waals surface area contributed by atoms with Crippen molar-refractivity contribution in [1.82, 2.24) is 29.4 Å². The number of H-pyrrole nitrogens is 2. The van der Waals surface area contributed by atoms with E-state index >= 15 is 0 Å². The van der Waals surface area contributed by atoms with Crippen LogP contribution in [0.1, 0.15) is 0 Å². The van der Waals surface area contributed by atoms with Crippen LogP contribution in [0, 0.1) is 0 Å². The zero-order chi connectivity index (χ0) is 39.6. The van der Waals surface area contributed by atoms with Gasteiger partial charge in [0.15, 0.2) is 0 Å². The number of hydrogen-bond acceptors (Lipinski definition) is 9. The van der Waals surface area contributed by atoms with Crippen molar-refractivity contribution in [3.63, 3.8) is 0 Å². The third-order valence-electron chi connectivity index (χ3n) is 11.1.